The lowest BCUT2D eigenvalue weighted by Gasteiger charge is -2.11. The van der Waals surface area contributed by atoms with Gasteiger partial charge < -0.3 is 4.74 Å². The van der Waals surface area contributed by atoms with E-state index in [9.17, 15) is 0 Å². The number of ether oxygens (including phenoxy) is 1. The summed E-state index contributed by atoms with van der Waals surface area (Å²) in [6.45, 7) is 1.96. The molecule has 2 nitrogen and oxygen atoms in total. The zero-order chi connectivity index (χ0) is 10.7. The van der Waals surface area contributed by atoms with Crippen molar-refractivity contribution in [3.8, 4) is 11.8 Å². The predicted octanol–water partition coefficient (Wildman–Crippen LogP) is 2.86. The number of nitriles is 1. The lowest BCUT2D eigenvalue weighted by atomic mass is 10.1. The third-order valence-electron chi connectivity index (χ3n) is 2.86. The van der Waals surface area contributed by atoms with Gasteiger partial charge >= 0.3 is 0 Å². The molecule has 0 saturated carbocycles. The molecule has 0 radical (unpaired) electrons. The fourth-order valence-corrected chi connectivity index (χ4v) is 1.99. The molecule has 0 spiro atoms. The van der Waals surface area contributed by atoms with Gasteiger partial charge in [0.15, 0.2) is 6.10 Å². The second-order valence-electron chi connectivity index (χ2n) is 3.93. The molecule has 1 aromatic rings. The first-order chi connectivity index (χ1) is 7.33. The van der Waals surface area contributed by atoms with Gasteiger partial charge in [-0.2, -0.15) is 5.26 Å². The molecule has 1 aliphatic rings. The average Bonchev–Trinajstić information content (AvgIpc) is 2.73. The van der Waals surface area contributed by atoms with Crippen LogP contribution in [-0.2, 0) is 12.8 Å². The lowest BCUT2D eigenvalue weighted by molar-refractivity contribution is 0.251. The van der Waals surface area contributed by atoms with Crippen molar-refractivity contribution in [1.82, 2.24) is 0 Å². The topological polar surface area (TPSA) is 33.0 Å². The highest BCUT2D eigenvalue weighted by molar-refractivity contribution is 5.38. The van der Waals surface area contributed by atoms with Crippen LogP contribution < -0.4 is 4.74 Å². The van der Waals surface area contributed by atoms with E-state index in [-0.39, 0.29) is 6.10 Å². The molecule has 15 heavy (non-hydrogen) atoms. The van der Waals surface area contributed by atoms with Gasteiger partial charge in [0, 0.05) is 0 Å². The molecule has 0 bridgehead atoms. The van der Waals surface area contributed by atoms with Gasteiger partial charge in [0.05, 0.1) is 0 Å². The van der Waals surface area contributed by atoms with Crippen molar-refractivity contribution in [1.29, 1.82) is 5.26 Å². The first-order valence-electron chi connectivity index (χ1n) is 5.51. The summed E-state index contributed by atoms with van der Waals surface area (Å²) in [4.78, 5) is 0. The molecule has 0 aromatic heterocycles. The molecule has 78 valence electrons. The summed E-state index contributed by atoms with van der Waals surface area (Å²) < 4.78 is 5.58. The molecule has 2 rings (SSSR count). The Kier molecular flexibility index (Phi) is 2.91. The van der Waals surface area contributed by atoms with E-state index in [1.165, 1.54) is 24.0 Å². The van der Waals surface area contributed by atoms with Crippen LogP contribution in [0.25, 0.3) is 0 Å². The first-order valence-corrected chi connectivity index (χ1v) is 5.51. The van der Waals surface area contributed by atoms with Crippen molar-refractivity contribution in [2.45, 2.75) is 38.7 Å². The maximum Gasteiger partial charge on any atom is 0.184 e. The molecule has 2 heteroatoms. The number of rotatable bonds is 3. The van der Waals surface area contributed by atoms with Crippen molar-refractivity contribution < 1.29 is 4.74 Å². The summed E-state index contributed by atoms with van der Waals surface area (Å²) in [6.07, 6.45) is 3.99. The highest BCUT2D eigenvalue weighted by atomic mass is 16.5. The van der Waals surface area contributed by atoms with Crippen molar-refractivity contribution in [3.63, 3.8) is 0 Å². The molecular formula is C13H15NO. The highest BCUT2D eigenvalue weighted by Gasteiger charge is 2.12. The van der Waals surface area contributed by atoms with Crippen LogP contribution in [0.3, 0.4) is 0 Å². The van der Waals surface area contributed by atoms with Gasteiger partial charge in [-0.3, -0.25) is 0 Å². The standard InChI is InChI=1S/C13H15NO/c1-2-12(9-14)15-13-7-6-10-4-3-5-11(10)8-13/h6-8,12H,2-5H2,1H3. The molecule has 1 aliphatic carbocycles. The maximum atomic E-state index is 8.81. The van der Waals surface area contributed by atoms with Crippen LogP contribution in [-0.4, -0.2) is 6.10 Å². The minimum Gasteiger partial charge on any atom is -0.476 e. The third-order valence-corrected chi connectivity index (χ3v) is 2.86. The average molecular weight is 201 g/mol. The van der Waals surface area contributed by atoms with Crippen LogP contribution in [0.1, 0.15) is 30.9 Å². The van der Waals surface area contributed by atoms with Gasteiger partial charge in [-0.25, -0.2) is 0 Å². The molecule has 1 atom stereocenters. The van der Waals surface area contributed by atoms with Crippen LogP contribution in [0.4, 0.5) is 0 Å². The lowest BCUT2D eigenvalue weighted by Crippen LogP contribution is -2.12. The number of fused-ring (bicyclic) bond motifs is 1. The Balaban J connectivity index is 2.13. The zero-order valence-electron chi connectivity index (χ0n) is 8.99. The molecule has 1 unspecified atom stereocenters. The van der Waals surface area contributed by atoms with Gasteiger partial charge in [0.25, 0.3) is 0 Å². The van der Waals surface area contributed by atoms with Crippen molar-refractivity contribution >= 4 is 0 Å². The zero-order valence-corrected chi connectivity index (χ0v) is 8.99. The van der Waals surface area contributed by atoms with Gasteiger partial charge in [-0.1, -0.05) is 13.0 Å². The Bertz CT molecular complexity index is 392. The third kappa shape index (κ3) is 2.12. The Morgan fingerprint density at radius 3 is 2.93 bits per heavy atom. The summed E-state index contributed by atoms with van der Waals surface area (Å²) in [7, 11) is 0. The molecule has 0 fully saturated rings. The van der Waals surface area contributed by atoms with E-state index < -0.39 is 0 Å². The quantitative estimate of drug-likeness (QED) is 0.753. The fraction of sp³-hybridized carbons (Fsp3) is 0.462. The van der Waals surface area contributed by atoms with Gasteiger partial charge in [0.2, 0.25) is 0 Å². The van der Waals surface area contributed by atoms with Gasteiger partial charge in [-0.05, 0) is 48.9 Å². The van der Waals surface area contributed by atoms with Crippen LogP contribution in [0.15, 0.2) is 18.2 Å². The number of hydrogen-bond acceptors (Lipinski definition) is 2. The molecule has 0 aliphatic heterocycles. The monoisotopic (exact) mass is 201 g/mol. The Hall–Kier alpha value is -1.49. The van der Waals surface area contributed by atoms with E-state index >= 15 is 0 Å². The van der Waals surface area contributed by atoms with Crippen molar-refractivity contribution in [2.24, 2.45) is 0 Å². The first kappa shape index (κ1) is 10.0. The highest BCUT2D eigenvalue weighted by Crippen LogP contribution is 2.26. The van der Waals surface area contributed by atoms with Crippen LogP contribution >= 0.6 is 0 Å². The fourth-order valence-electron chi connectivity index (χ4n) is 1.99. The number of nitrogens with zero attached hydrogens (tertiary/aromatic N) is 1. The molecule has 0 amide bonds. The molecule has 0 saturated heterocycles. The van der Waals surface area contributed by atoms with E-state index in [1.807, 2.05) is 13.0 Å². The predicted molar refractivity (Wildman–Crippen MR) is 58.8 cm³/mol. The van der Waals surface area contributed by atoms with Crippen molar-refractivity contribution in [3.05, 3.63) is 29.3 Å². The smallest absolute Gasteiger partial charge is 0.184 e. The Labute approximate surface area is 90.5 Å². The minimum atomic E-state index is -0.315. The molecule has 0 N–H and O–H groups in total. The van der Waals surface area contributed by atoms with Crippen LogP contribution in [0.5, 0.6) is 5.75 Å². The normalized spacial score (nSPS) is 15.5. The maximum absolute atomic E-state index is 8.81. The van der Waals surface area contributed by atoms with Crippen LogP contribution in [0, 0.1) is 11.3 Å². The number of hydrogen-bond donors (Lipinski definition) is 0. The summed E-state index contributed by atoms with van der Waals surface area (Å²) in [6, 6.07) is 8.33. The Morgan fingerprint density at radius 1 is 1.40 bits per heavy atom. The van der Waals surface area contributed by atoms with E-state index in [0.29, 0.717) is 0 Å². The second kappa shape index (κ2) is 4.35. The van der Waals surface area contributed by atoms with E-state index in [2.05, 4.69) is 18.2 Å². The van der Waals surface area contributed by atoms with Crippen LogP contribution in [0.2, 0.25) is 0 Å². The molecular weight excluding hydrogens is 186 g/mol. The number of aryl methyl sites for hydroxylation is 2. The van der Waals surface area contributed by atoms with E-state index in [4.69, 9.17) is 10.00 Å². The SMILES string of the molecule is CCC(C#N)Oc1ccc2c(c1)CCC2. The van der Waals surface area contributed by atoms with Crippen molar-refractivity contribution in [2.75, 3.05) is 0 Å². The van der Waals surface area contributed by atoms with Gasteiger partial charge in [0.1, 0.15) is 11.8 Å². The largest absolute Gasteiger partial charge is 0.476 e. The Morgan fingerprint density at radius 2 is 2.20 bits per heavy atom. The molecule has 0 heterocycles. The van der Waals surface area contributed by atoms with E-state index in [1.54, 1.807) is 0 Å². The van der Waals surface area contributed by atoms with Gasteiger partial charge in [-0.15, -0.1) is 0 Å². The van der Waals surface area contributed by atoms with E-state index in [0.717, 1.165) is 18.6 Å². The molecule has 1 aromatic carbocycles. The minimum absolute atomic E-state index is 0.315. The summed E-state index contributed by atoms with van der Waals surface area (Å²) in [5, 5.41) is 8.81. The second-order valence-corrected chi connectivity index (χ2v) is 3.93. The summed E-state index contributed by atoms with van der Waals surface area (Å²) in [5.41, 5.74) is 2.83. The summed E-state index contributed by atoms with van der Waals surface area (Å²) >= 11 is 0. The summed E-state index contributed by atoms with van der Waals surface area (Å²) in [5.74, 6) is 0.837. The number of benzene rings is 1.